The average Bonchev–Trinajstić information content (AvgIpc) is 2.62. The molecule has 3 N–H and O–H groups in total. The first-order chi connectivity index (χ1) is 13.1. The Labute approximate surface area is 159 Å². The fourth-order valence-corrected chi connectivity index (χ4v) is 3.58. The molecule has 0 aromatic heterocycles. The minimum Gasteiger partial charge on any atom is -0.507 e. The molecule has 0 unspecified atom stereocenters. The minimum atomic E-state index is -4.63. The minimum absolute atomic E-state index is 0.109. The molecule has 0 fully saturated rings. The van der Waals surface area contributed by atoms with Crippen molar-refractivity contribution < 1.29 is 27.8 Å². The number of hydrogen-bond donors (Lipinski definition) is 3. The number of benzene rings is 3. The van der Waals surface area contributed by atoms with Crippen LogP contribution in [0.25, 0.3) is 10.8 Å². The first-order valence-electron chi connectivity index (χ1n) is 7.88. The molecule has 0 saturated carbocycles. The number of nitrogens with zero attached hydrogens (tertiary/aromatic N) is 1. The molecule has 0 atom stereocenters. The van der Waals surface area contributed by atoms with Gasteiger partial charge >= 0.3 is 0 Å². The molecule has 144 valence electrons. The maximum atomic E-state index is 12.6. The summed E-state index contributed by atoms with van der Waals surface area (Å²) in [5, 5.41) is 23.8. The van der Waals surface area contributed by atoms with Gasteiger partial charge in [0.15, 0.2) is 0 Å². The second-order valence-corrected chi connectivity index (χ2v) is 7.41. The summed E-state index contributed by atoms with van der Waals surface area (Å²) in [6.45, 7) is 1.65. The monoisotopic (exact) mass is 402 g/mol. The van der Waals surface area contributed by atoms with E-state index in [1.807, 2.05) is 0 Å². The van der Waals surface area contributed by atoms with Crippen LogP contribution in [-0.4, -0.2) is 28.9 Å². The third kappa shape index (κ3) is 3.50. The molecule has 0 radical (unpaired) electrons. The summed E-state index contributed by atoms with van der Waals surface area (Å²) in [4.78, 5) is 22.7. The molecule has 3 aromatic carbocycles. The van der Waals surface area contributed by atoms with E-state index in [0.29, 0.717) is 5.56 Å². The van der Waals surface area contributed by atoms with Gasteiger partial charge in [-0.15, -0.1) is 0 Å². The standard InChI is InChI=1S/C18H14N2O7S/c1-10-5-6-12(14(9-10)20(23)24)18(22)19-13-7-8-15(21)17-11(13)3-2-4-16(17)28(25,26)27/h2-9,21H,1H3,(H,19,22)(H,25,26,27). The Morgan fingerprint density at radius 3 is 2.50 bits per heavy atom. The third-order valence-electron chi connectivity index (χ3n) is 4.10. The van der Waals surface area contributed by atoms with Crippen molar-refractivity contribution in [2.45, 2.75) is 11.8 Å². The van der Waals surface area contributed by atoms with Crippen LogP contribution in [0.3, 0.4) is 0 Å². The number of nitro groups is 1. The predicted molar refractivity (Wildman–Crippen MR) is 101 cm³/mol. The number of nitrogens with one attached hydrogen (secondary N) is 1. The average molecular weight is 402 g/mol. The smallest absolute Gasteiger partial charge is 0.295 e. The fourth-order valence-electron chi connectivity index (χ4n) is 2.85. The number of carbonyl (C=O) groups is 1. The highest BCUT2D eigenvalue weighted by Gasteiger charge is 2.22. The van der Waals surface area contributed by atoms with Crippen molar-refractivity contribution in [3.8, 4) is 5.75 Å². The van der Waals surface area contributed by atoms with Gasteiger partial charge in [0.05, 0.1) is 4.92 Å². The third-order valence-corrected chi connectivity index (χ3v) is 5.00. The van der Waals surface area contributed by atoms with Crippen LogP contribution in [0.5, 0.6) is 5.75 Å². The molecular weight excluding hydrogens is 388 g/mol. The SMILES string of the molecule is Cc1ccc(C(=O)Nc2ccc(O)c3c(S(=O)(=O)O)cccc23)c([N+](=O)[O-])c1. The Bertz CT molecular complexity index is 1240. The molecule has 1 amide bonds. The van der Waals surface area contributed by atoms with Gasteiger partial charge < -0.3 is 10.4 Å². The molecule has 9 nitrogen and oxygen atoms in total. The maximum absolute atomic E-state index is 12.6. The lowest BCUT2D eigenvalue weighted by atomic mass is 10.1. The molecule has 0 heterocycles. The van der Waals surface area contributed by atoms with E-state index in [0.717, 1.165) is 12.1 Å². The Kier molecular flexibility index (Phi) is 4.75. The maximum Gasteiger partial charge on any atom is 0.295 e. The second kappa shape index (κ2) is 6.91. The van der Waals surface area contributed by atoms with E-state index in [4.69, 9.17) is 0 Å². The molecule has 0 aliphatic carbocycles. The summed E-state index contributed by atoms with van der Waals surface area (Å²) < 4.78 is 32.6. The van der Waals surface area contributed by atoms with Crippen molar-refractivity contribution in [2.24, 2.45) is 0 Å². The van der Waals surface area contributed by atoms with Crippen molar-refractivity contribution in [1.29, 1.82) is 0 Å². The first kappa shape index (κ1) is 19.3. The summed E-state index contributed by atoms with van der Waals surface area (Å²) in [6.07, 6.45) is 0. The molecule has 0 aliphatic heterocycles. The van der Waals surface area contributed by atoms with E-state index in [2.05, 4.69) is 5.32 Å². The van der Waals surface area contributed by atoms with E-state index >= 15 is 0 Å². The molecule has 0 aliphatic rings. The van der Waals surface area contributed by atoms with Gasteiger partial charge in [-0.3, -0.25) is 19.5 Å². The zero-order valence-electron chi connectivity index (χ0n) is 14.4. The predicted octanol–water partition coefficient (Wildman–Crippen LogP) is 3.26. The van der Waals surface area contributed by atoms with Crippen molar-refractivity contribution in [1.82, 2.24) is 0 Å². The normalized spacial score (nSPS) is 11.4. The van der Waals surface area contributed by atoms with Gasteiger partial charge in [-0.1, -0.05) is 18.2 Å². The fraction of sp³-hybridized carbons (Fsp3) is 0.0556. The van der Waals surface area contributed by atoms with Crippen LogP contribution in [0.2, 0.25) is 0 Å². The largest absolute Gasteiger partial charge is 0.507 e. The van der Waals surface area contributed by atoms with E-state index in [9.17, 15) is 33.0 Å². The number of carbonyl (C=O) groups excluding carboxylic acids is 1. The number of nitro benzene ring substituents is 1. The van der Waals surface area contributed by atoms with Crippen LogP contribution in [0.15, 0.2) is 53.4 Å². The highest BCUT2D eigenvalue weighted by atomic mass is 32.2. The number of hydrogen-bond acceptors (Lipinski definition) is 6. The summed E-state index contributed by atoms with van der Waals surface area (Å²) in [5.41, 5.74) is 0.163. The Morgan fingerprint density at radius 2 is 1.86 bits per heavy atom. The van der Waals surface area contributed by atoms with Gasteiger partial charge in [0, 0.05) is 22.5 Å². The molecule has 3 aromatic rings. The molecule has 3 rings (SSSR count). The van der Waals surface area contributed by atoms with Crippen LogP contribution in [0.4, 0.5) is 11.4 Å². The van der Waals surface area contributed by atoms with Gasteiger partial charge in [0.25, 0.3) is 21.7 Å². The van der Waals surface area contributed by atoms with Crippen LogP contribution in [-0.2, 0) is 10.1 Å². The molecule has 0 saturated heterocycles. The first-order valence-corrected chi connectivity index (χ1v) is 9.32. The number of rotatable bonds is 4. The van der Waals surface area contributed by atoms with Crippen molar-refractivity contribution >= 4 is 38.2 Å². The molecular formula is C18H14N2O7S. The van der Waals surface area contributed by atoms with Crippen LogP contribution in [0, 0.1) is 17.0 Å². The number of amides is 1. The van der Waals surface area contributed by atoms with Crippen LogP contribution in [0.1, 0.15) is 15.9 Å². The zero-order chi connectivity index (χ0) is 20.6. The number of anilines is 1. The highest BCUT2D eigenvalue weighted by molar-refractivity contribution is 7.86. The summed E-state index contributed by atoms with van der Waals surface area (Å²) in [5.74, 6) is -1.20. The van der Waals surface area contributed by atoms with Crippen LogP contribution < -0.4 is 5.32 Å². The van der Waals surface area contributed by atoms with Crippen molar-refractivity contribution in [3.63, 3.8) is 0 Å². The number of aromatic hydroxyl groups is 1. The molecule has 10 heteroatoms. The van der Waals surface area contributed by atoms with Gasteiger partial charge in [0.2, 0.25) is 0 Å². The van der Waals surface area contributed by atoms with Crippen LogP contribution >= 0.6 is 0 Å². The number of fused-ring (bicyclic) bond motifs is 1. The second-order valence-electron chi connectivity index (χ2n) is 6.02. The Hall–Kier alpha value is -3.50. The van der Waals surface area contributed by atoms with Crippen molar-refractivity contribution in [2.75, 3.05) is 5.32 Å². The molecule has 28 heavy (non-hydrogen) atoms. The Balaban J connectivity index is 2.13. The van der Waals surface area contributed by atoms with E-state index in [1.165, 1.54) is 30.3 Å². The quantitative estimate of drug-likeness (QED) is 0.263. The van der Waals surface area contributed by atoms with Gasteiger partial charge in [-0.05, 0) is 36.8 Å². The summed E-state index contributed by atoms with van der Waals surface area (Å²) in [7, 11) is -4.63. The number of phenolic OH excluding ortho intramolecular Hbond substituents is 1. The van der Waals surface area contributed by atoms with E-state index < -0.39 is 31.6 Å². The molecule has 0 bridgehead atoms. The lowest BCUT2D eigenvalue weighted by Crippen LogP contribution is -2.14. The highest BCUT2D eigenvalue weighted by Crippen LogP contribution is 2.36. The summed E-state index contributed by atoms with van der Waals surface area (Å²) >= 11 is 0. The van der Waals surface area contributed by atoms with Gasteiger partial charge in [-0.2, -0.15) is 8.42 Å². The van der Waals surface area contributed by atoms with E-state index in [1.54, 1.807) is 13.0 Å². The van der Waals surface area contributed by atoms with Gasteiger partial charge in [-0.25, -0.2) is 0 Å². The summed E-state index contributed by atoms with van der Waals surface area (Å²) in [6, 6.07) is 10.5. The number of aryl methyl sites for hydroxylation is 1. The van der Waals surface area contributed by atoms with Crippen molar-refractivity contribution in [3.05, 3.63) is 69.8 Å². The van der Waals surface area contributed by atoms with Gasteiger partial charge in [0.1, 0.15) is 16.2 Å². The lowest BCUT2D eigenvalue weighted by Gasteiger charge is -2.12. The zero-order valence-corrected chi connectivity index (χ0v) is 15.2. The molecule has 0 spiro atoms. The Morgan fingerprint density at radius 1 is 1.14 bits per heavy atom. The number of phenols is 1. The lowest BCUT2D eigenvalue weighted by molar-refractivity contribution is -0.385. The topological polar surface area (TPSA) is 147 Å². The van der Waals surface area contributed by atoms with E-state index in [-0.39, 0.29) is 27.7 Å².